The molecule has 0 heterocycles. The molecular weight excluding hydrogens is 366 g/mol. The Kier molecular flexibility index (Phi) is 8.71. The molecular formula is C16H22BrNO5. The third-order valence-corrected chi connectivity index (χ3v) is 3.53. The van der Waals surface area contributed by atoms with Gasteiger partial charge < -0.3 is 15.9 Å². The zero-order chi connectivity index (χ0) is 18.2. The van der Waals surface area contributed by atoms with Crippen LogP contribution in [0.15, 0.2) is 28.7 Å². The van der Waals surface area contributed by atoms with Gasteiger partial charge in [0.1, 0.15) is 5.78 Å². The third kappa shape index (κ3) is 9.10. The van der Waals surface area contributed by atoms with E-state index in [4.69, 9.17) is 25.5 Å². The highest BCUT2D eigenvalue weighted by Crippen LogP contribution is 2.25. The Hall–Kier alpha value is -1.73. The lowest BCUT2D eigenvalue weighted by atomic mass is 9.79. The lowest BCUT2D eigenvalue weighted by molar-refractivity contribution is -0.159. The molecule has 6 nitrogen and oxygen atoms in total. The van der Waals surface area contributed by atoms with Crippen molar-refractivity contribution in [1.82, 2.24) is 0 Å². The summed E-state index contributed by atoms with van der Waals surface area (Å²) >= 11 is 3.40. The van der Waals surface area contributed by atoms with Crippen LogP contribution in [0.1, 0.15) is 32.8 Å². The number of carboxylic acid groups (broad SMARTS) is 2. The number of nitrogens with two attached hydrogens (primary N) is 1. The van der Waals surface area contributed by atoms with E-state index in [0.29, 0.717) is 6.42 Å². The molecule has 0 saturated carbocycles. The number of hydrogen-bond donors (Lipinski definition) is 3. The molecule has 0 aliphatic carbocycles. The fraction of sp³-hybridized carbons (Fsp3) is 0.438. The molecule has 0 aliphatic rings. The van der Waals surface area contributed by atoms with Crippen molar-refractivity contribution in [3.05, 3.63) is 34.3 Å². The van der Waals surface area contributed by atoms with E-state index in [-0.39, 0.29) is 17.2 Å². The van der Waals surface area contributed by atoms with Crippen LogP contribution in [0.25, 0.3) is 0 Å². The first-order valence-electron chi connectivity index (χ1n) is 6.95. The van der Waals surface area contributed by atoms with Gasteiger partial charge in [-0.1, -0.05) is 41.9 Å². The molecule has 0 saturated heterocycles. The number of carbonyl (C=O) groups is 3. The van der Waals surface area contributed by atoms with Gasteiger partial charge >= 0.3 is 11.9 Å². The Morgan fingerprint density at radius 3 is 1.91 bits per heavy atom. The molecule has 1 unspecified atom stereocenters. The predicted octanol–water partition coefficient (Wildman–Crippen LogP) is 2.48. The summed E-state index contributed by atoms with van der Waals surface area (Å²) in [5.41, 5.74) is 6.51. The smallest absolute Gasteiger partial charge is 0.414 e. The molecule has 0 spiro atoms. The maximum Gasteiger partial charge on any atom is 0.414 e. The highest BCUT2D eigenvalue weighted by molar-refractivity contribution is 9.10. The number of rotatable bonds is 5. The molecule has 1 aromatic carbocycles. The van der Waals surface area contributed by atoms with E-state index in [0.717, 1.165) is 10.9 Å². The summed E-state index contributed by atoms with van der Waals surface area (Å²) in [6, 6.07) is 8.03. The van der Waals surface area contributed by atoms with Gasteiger partial charge in [-0.25, -0.2) is 9.59 Å². The van der Waals surface area contributed by atoms with E-state index in [1.165, 1.54) is 5.56 Å². The van der Waals surface area contributed by atoms with Gasteiger partial charge in [0.25, 0.3) is 0 Å². The summed E-state index contributed by atoms with van der Waals surface area (Å²) in [4.78, 5) is 30.3. The van der Waals surface area contributed by atoms with Gasteiger partial charge in [0.15, 0.2) is 0 Å². The zero-order valence-corrected chi connectivity index (χ0v) is 15.0. The van der Waals surface area contributed by atoms with Gasteiger partial charge in [0.2, 0.25) is 0 Å². The van der Waals surface area contributed by atoms with E-state index >= 15 is 0 Å². The molecule has 1 rings (SSSR count). The molecule has 23 heavy (non-hydrogen) atoms. The van der Waals surface area contributed by atoms with Crippen molar-refractivity contribution in [1.29, 1.82) is 0 Å². The van der Waals surface area contributed by atoms with Gasteiger partial charge in [-0.2, -0.15) is 0 Å². The number of carboxylic acids is 2. The van der Waals surface area contributed by atoms with E-state index in [1.807, 2.05) is 45.0 Å². The molecule has 0 aromatic heterocycles. The normalized spacial score (nSPS) is 11.9. The van der Waals surface area contributed by atoms with Gasteiger partial charge in [-0.3, -0.25) is 4.79 Å². The maximum atomic E-state index is 12.1. The van der Waals surface area contributed by atoms with Crippen molar-refractivity contribution in [3.63, 3.8) is 0 Å². The quantitative estimate of drug-likeness (QED) is 0.667. The third-order valence-electron chi connectivity index (χ3n) is 3.00. The van der Waals surface area contributed by atoms with E-state index < -0.39 is 11.9 Å². The minimum Gasteiger partial charge on any atom is -0.473 e. The van der Waals surface area contributed by atoms with Gasteiger partial charge in [0, 0.05) is 22.4 Å². The predicted molar refractivity (Wildman–Crippen MR) is 90.2 cm³/mol. The van der Waals surface area contributed by atoms with Crippen LogP contribution in [0, 0.1) is 5.41 Å². The molecule has 0 bridgehead atoms. The van der Waals surface area contributed by atoms with E-state index in [9.17, 15) is 4.79 Å². The summed E-state index contributed by atoms with van der Waals surface area (Å²) in [6.45, 7) is 5.84. The SMILES string of the molecule is CC(N)CC(=O)C(C)(C)Cc1ccc(Br)cc1.O=C(O)C(=O)O. The first-order chi connectivity index (χ1) is 10.5. The second-order valence-corrected chi connectivity index (χ2v) is 6.82. The first kappa shape index (κ1) is 21.3. The van der Waals surface area contributed by atoms with Crippen LogP contribution in [0.5, 0.6) is 0 Å². The molecule has 7 heteroatoms. The van der Waals surface area contributed by atoms with Crippen molar-refractivity contribution in [2.75, 3.05) is 0 Å². The van der Waals surface area contributed by atoms with Crippen LogP contribution >= 0.6 is 15.9 Å². The summed E-state index contributed by atoms with van der Waals surface area (Å²) in [6.07, 6.45) is 1.20. The van der Waals surface area contributed by atoms with Crippen molar-refractivity contribution in [3.8, 4) is 0 Å². The summed E-state index contributed by atoms with van der Waals surface area (Å²) in [5.74, 6) is -3.42. The second kappa shape index (κ2) is 9.42. The van der Waals surface area contributed by atoms with Gasteiger partial charge in [-0.05, 0) is 31.0 Å². The Bertz CT molecular complexity index is 540. The van der Waals surface area contributed by atoms with Crippen molar-refractivity contribution < 1.29 is 24.6 Å². The Morgan fingerprint density at radius 1 is 1.13 bits per heavy atom. The highest BCUT2D eigenvalue weighted by atomic mass is 79.9. The molecule has 0 aliphatic heterocycles. The molecule has 0 amide bonds. The standard InChI is InChI=1S/C14H20BrNO.C2H2O4/c1-10(16)8-13(17)14(2,3)9-11-4-6-12(15)7-5-11;3-1(4)2(5)6/h4-7,10H,8-9,16H2,1-3H3;(H,3,4)(H,5,6). The lowest BCUT2D eigenvalue weighted by Crippen LogP contribution is -2.31. The van der Waals surface area contributed by atoms with Gasteiger partial charge in [-0.15, -0.1) is 0 Å². The lowest BCUT2D eigenvalue weighted by Gasteiger charge is -2.24. The Labute approximate surface area is 143 Å². The topological polar surface area (TPSA) is 118 Å². The Morgan fingerprint density at radius 2 is 1.57 bits per heavy atom. The monoisotopic (exact) mass is 387 g/mol. The van der Waals surface area contributed by atoms with Crippen LogP contribution in [0.4, 0.5) is 0 Å². The van der Waals surface area contributed by atoms with Crippen LogP contribution < -0.4 is 5.73 Å². The van der Waals surface area contributed by atoms with Crippen molar-refractivity contribution in [2.24, 2.45) is 11.1 Å². The van der Waals surface area contributed by atoms with Crippen LogP contribution in [-0.2, 0) is 20.8 Å². The van der Waals surface area contributed by atoms with E-state index in [2.05, 4.69) is 15.9 Å². The molecule has 4 N–H and O–H groups in total. The fourth-order valence-corrected chi connectivity index (χ4v) is 2.04. The largest absolute Gasteiger partial charge is 0.473 e. The highest BCUT2D eigenvalue weighted by Gasteiger charge is 2.27. The van der Waals surface area contributed by atoms with Gasteiger partial charge in [0.05, 0.1) is 0 Å². The number of halogens is 1. The summed E-state index contributed by atoms with van der Waals surface area (Å²) < 4.78 is 1.06. The average Bonchev–Trinajstić information content (AvgIpc) is 2.41. The minimum atomic E-state index is -1.82. The van der Waals surface area contributed by atoms with Crippen molar-refractivity contribution in [2.45, 2.75) is 39.7 Å². The molecule has 0 radical (unpaired) electrons. The number of ketones is 1. The fourth-order valence-electron chi connectivity index (χ4n) is 1.78. The molecule has 1 aromatic rings. The molecule has 128 valence electrons. The number of Topliss-reactive ketones (excluding diaryl/α,β-unsaturated/α-hetero) is 1. The maximum absolute atomic E-state index is 12.1. The number of benzene rings is 1. The Balaban J connectivity index is 0.000000688. The molecule has 1 atom stereocenters. The summed E-state index contributed by atoms with van der Waals surface area (Å²) in [7, 11) is 0. The van der Waals surface area contributed by atoms with E-state index in [1.54, 1.807) is 0 Å². The number of carbonyl (C=O) groups excluding carboxylic acids is 1. The second-order valence-electron chi connectivity index (χ2n) is 5.90. The molecule has 0 fully saturated rings. The number of aliphatic carboxylic acids is 2. The van der Waals surface area contributed by atoms with Crippen LogP contribution in [0.2, 0.25) is 0 Å². The minimum absolute atomic E-state index is 0.0632. The van der Waals surface area contributed by atoms with Crippen LogP contribution in [-0.4, -0.2) is 34.0 Å². The zero-order valence-electron chi connectivity index (χ0n) is 13.4. The number of hydrogen-bond acceptors (Lipinski definition) is 4. The summed E-state index contributed by atoms with van der Waals surface area (Å²) in [5, 5.41) is 14.8. The average molecular weight is 388 g/mol. The first-order valence-corrected chi connectivity index (χ1v) is 7.74. The van der Waals surface area contributed by atoms with Crippen molar-refractivity contribution >= 4 is 33.7 Å². The van der Waals surface area contributed by atoms with Crippen LogP contribution in [0.3, 0.4) is 0 Å².